The number of likely N-dealkylation sites (tertiary alicyclic amines) is 2. The van der Waals surface area contributed by atoms with Crippen LogP contribution in [0.1, 0.15) is 90.2 Å². The fourth-order valence-electron chi connectivity index (χ4n) is 9.13. The molecule has 0 spiro atoms. The minimum Gasteiger partial charge on any atom is -0.480 e. The van der Waals surface area contributed by atoms with Crippen LogP contribution in [0.15, 0.2) is 60.8 Å². The normalized spacial score (nSPS) is 21.1. The van der Waals surface area contributed by atoms with Gasteiger partial charge in [-0.15, -0.1) is 0 Å². The zero-order valence-corrected chi connectivity index (χ0v) is 36.9. The maximum absolute atomic E-state index is 14.6. The van der Waals surface area contributed by atoms with Crippen molar-refractivity contribution in [1.82, 2.24) is 41.4 Å². The summed E-state index contributed by atoms with van der Waals surface area (Å²) in [5, 5.41) is 25.4. The van der Waals surface area contributed by atoms with E-state index < -0.39 is 71.9 Å². The van der Waals surface area contributed by atoms with Crippen LogP contribution in [0.25, 0.3) is 10.9 Å². The molecular formula is C47H64N8O8. The lowest BCUT2D eigenvalue weighted by Gasteiger charge is -2.32. The van der Waals surface area contributed by atoms with E-state index in [2.05, 4.69) is 31.6 Å². The second kappa shape index (κ2) is 21.5. The molecule has 2 aromatic carbocycles. The quantitative estimate of drug-likeness (QED) is 0.0941. The highest BCUT2D eigenvalue weighted by atomic mass is 16.4. The number of nitrogens with one attached hydrogen (secondary N) is 6. The van der Waals surface area contributed by atoms with Crippen molar-refractivity contribution in [2.45, 2.75) is 134 Å². The lowest BCUT2D eigenvalue weighted by Crippen LogP contribution is -2.60. The van der Waals surface area contributed by atoms with Gasteiger partial charge < -0.3 is 46.5 Å². The summed E-state index contributed by atoms with van der Waals surface area (Å²) in [5.74, 6) is -4.33. The molecule has 16 nitrogen and oxygen atoms in total. The Kier molecular flexibility index (Phi) is 16.0. The molecule has 0 radical (unpaired) electrons. The van der Waals surface area contributed by atoms with Crippen molar-refractivity contribution in [2.75, 3.05) is 19.6 Å². The van der Waals surface area contributed by atoms with E-state index >= 15 is 0 Å². The van der Waals surface area contributed by atoms with E-state index in [1.54, 1.807) is 13.1 Å². The molecule has 4 heterocycles. The minimum atomic E-state index is -1.17. The van der Waals surface area contributed by atoms with Crippen molar-refractivity contribution in [1.29, 1.82) is 0 Å². The van der Waals surface area contributed by atoms with Gasteiger partial charge in [-0.25, -0.2) is 4.79 Å². The van der Waals surface area contributed by atoms with Crippen LogP contribution >= 0.6 is 0 Å². The van der Waals surface area contributed by atoms with Crippen LogP contribution in [0, 0.1) is 11.8 Å². The molecule has 340 valence electrons. The number of amides is 6. The smallest absolute Gasteiger partial charge is 0.326 e. The number of hydrogen-bond donors (Lipinski definition) is 7. The highest BCUT2D eigenvalue weighted by Crippen LogP contribution is 2.25. The Labute approximate surface area is 369 Å². The van der Waals surface area contributed by atoms with Crippen LogP contribution in [0.3, 0.4) is 0 Å². The Morgan fingerprint density at radius 3 is 1.95 bits per heavy atom. The van der Waals surface area contributed by atoms with Crippen LogP contribution in [0.4, 0.5) is 0 Å². The van der Waals surface area contributed by atoms with Crippen LogP contribution in [0.5, 0.6) is 0 Å². The summed E-state index contributed by atoms with van der Waals surface area (Å²) >= 11 is 0. The highest BCUT2D eigenvalue weighted by Gasteiger charge is 2.42. The van der Waals surface area contributed by atoms with Gasteiger partial charge in [0.25, 0.3) is 0 Å². The molecule has 0 unspecified atom stereocenters. The van der Waals surface area contributed by atoms with Gasteiger partial charge in [0.1, 0.15) is 36.3 Å². The molecule has 16 heteroatoms. The van der Waals surface area contributed by atoms with Gasteiger partial charge in [-0.2, -0.15) is 0 Å². The molecule has 6 amide bonds. The summed E-state index contributed by atoms with van der Waals surface area (Å²) in [6, 6.07) is 10.5. The zero-order chi connectivity index (χ0) is 45.2. The molecule has 6 rings (SSSR count). The number of hydrogen-bond acceptors (Lipinski definition) is 8. The molecule has 0 saturated carbocycles. The first kappa shape index (κ1) is 46.7. The Bertz CT molecular complexity index is 2100. The first-order valence-corrected chi connectivity index (χ1v) is 22.6. The number of H-pyrrole nitrogens is 1. The SMILES string of the molecule is CC[C@H](C)[C@H](NC(=O)[C@@H]1CCCN1C(=O)[C@H](CC(C)C)NC(=O)[C@H](Cc1c[nH]c2ccccc12)NC(=O)[C@@H]1CCCN1C(=O)[C@H](Cc1ccccc1)NC(=O)[C@@H]1CCCN1)C(=O)O. The number of carbonyl (C=O) groups excluding carboxylic acids is 6. The molecule has 3 saturated heterocycles. The predicted octanol–water partition coefficient (Wildman–Crippen LogP) is 2.80. The van der Waals surface area contributed by atoms with Gasteiger partial charge in [0.15, 0.2) is 0 Å². The number of aromatic amines is 1. The molecule has 63 heavy (non-hydrogen) atoms. The molecule has 3 aromatic rings. The molecule has 3 fully saturated rings. The van der Waals surface area contributed by atoms with E-state index in [0.29, 0.717) is 51.6 Å². The third kappa shape index (κ3) is 11.6. The third-order valence-electron chi connectivity index (χ3n) is 12.8. The van der Waals surface area contributed by atoms with Crippen LogP contribution < -0.4 is 26.6 Å². The van der Waals surface area contributed by atoms with Gasteiger partial charge in [0, 0.05) is 43.0 Å². The van der Waals surface area contributed by atoms with Crippen molar-refractivity contribution in [3.63, 3.8) is 0 Å². The second-order valence-corrected chi connectivity index (χ2v) is 17.8. The summed E-state index contributed by atoms with van der Waals surface area (Å²) in [5.41, 5.74) is 2.46. The molecule has 0 bridgehead atoms. The second-order valence-electron chi connectivity index (χ2n) is 17.8. The van der Waals surface area contributed by atoms with Crippen LogP contribution in [-0.2, 0) is 46.4 Å². The van der Waals surface area contributed by atoms with Gasteiger partial charge in [0.05, 0.1) is 6.04 Å². The fraction of sp³-hybridized carbons (Fsp3) is 0.553. The molecule has 7 N–H and O–H groups in total. The van der Waals surface area contributed by atoms with E-state index in [1.807, 2.05) is 75.4 Å². The zero-order valence-electron chi connectivity index (χ0n) is 36.9. The Hall–Kier alpha value is -5.77. The number of aliphatic carboxylic acids is 1. The summed E-state index contributed by atoms with van der Waals surface area (Å²) < 4.78 is 0. The van der Waals surface area contributed by atoms with E-state index in [4.69, 9.17) is 0 Å². The topological polar surface area (TPSA) is 222 Å². The lowest BCUT2D eigenvalue weighted by atomic mass is 9.98. The summed E-state index contributed by atoms with van der Waals surface area (Å²) in [4.78, 5) is 103. The Morgan fingerprint density at radius 1 is 0.714 bits per heavy atom. The molecule has 3 aliphatic rings. The molecular weight excluding hydrogens is 805 g/mol. The largest absolute Gasteiger partial charge is 0.480 e. The third-order valence-corrected chi connectivity index (χ3v) is 12.8. The van der Waals surface area contributed by atoms with Gasteiger partial charge in [-0.3, -0.25) is 28.8 Å². The lowest BCUT2D eigenvalue weighted by molar-refractivity contribution is -0.146. The summed E-state index contributed by atoms with van der Waals surface area (Å²) in [6.45, 7) is 8.68. The summed E-state index contributed by atoms with van der Waals surface area (Å²) in [7, 11) is 0. The minimum absolute atomic E-state index is 0.0515. The van der Waals surface area contributed by atoms with E-state index in [0.717, 1.165) is 28.5 Å². The number of aromatic nitrogens is 1. The maximum atomic E-state index is 14.6. The Morgan fingerprint density at radius 2 is 1.33 bits per heavy atom. The first-order valence-electron chi connectivity index (χ1n) is 22.6. The number of benzene rings is 2. The standard InChI is InChI=1S/C47H64N8O8/c1-5-29(4)40(47(62)63)53-44(59)39-20-13-23-55(39)45(60)36(24-28(2)3)51-42(57)35(26-31-27-49-33-17-10-9-16-32(31)33)50-43(58)38-19-12-22-54(38)46(61)37(25-30-14-7-6-8-15-30)52-41(56)34-18-11-21-48-34/h6-10,14-17,27-29,34-40,48-49H,5,11-13,18-26H2,1-4H3,(H,50,58)(H,51,57)(H,52,56)(H,53,59)(H,62,63)/t29-,34-,35-,36-,37-,38-,39-,40-/m0/s1. The highest BCUT2D eigenvalue weighted by molar-refractivity contribution is 5.98. The number of fused-ring (bicyclic) bond motifs is 1. The first-order chi connectivity index (χ1) is 30.2. The van der Waals surface area contributed by atoms with Crippen molar-refractivity contribution in [3.8, 4) is 0 Å². The van der Waals surface area contributed by atoms with Crippen molar-refractivity contribution in [3.05, 3.63) is 71.9 Å². The van der Waals surface area contributed by atoms with Crippen LogP contribution in [0.2, 0.25) is 0 Å². The number of rotatable bonds is 19. The monoisotopic (exact) mass is 868 g/mol. The van der Waals surface area contributed by atoms with Gasteiger partial charge in [0.2, 0.25) is 35.4 Å². The molecule has 3 aliphatic heterocycles. The number of carboxylic acids is 1. The van der Waals surface area contributed by atoms with Crippen LogP contribution in [-0.4, -0.2) is 123 Å². The Balaban J connectivity index is 1.22. The molecule has 8 atom stereocenters. The number of carbonyl (C=O) groups is 7. The average molecular weight is 869 g/mol. The maximum Gasteiger partial charge on any atom is 0.326 e. The number of nitrogens with zero attached hydrogens (tertiary/aromatic N) is 2. The number of carboxylic acid groups (broad SMARTS) is 1. The predicted molar refractivity (Wildman–Crippen MR) is 237 cm³/mol. The number of para-hydroxylation sites is 1. The van der Waals surface area contributed by atoms with Crippen molar-refractivity contribution in [2.24, 2.45) is 11.8 Å². The van der Waals surface area contributed by atoms with Crippen molar-refractivity contribution >= 4 is 52.3 Å². The van der Waals surface area contributed by atoms with Gasteiger partial charge in [-0.05, 0) is 80.5 Å². The van der Waals surface area contributed by atoms with Crippen molar-refractivity contribution < 1.29 is 38.7 Å². The fourth-order valence-corrected chi connectivity index (χ4v) is 9.13. The van der Waals surface area contributed by atoms with E-state index in [9.17, 15) is 38.7 Å². The van der Waals surface area contributed by atoms with E-state index in [1.165, 1.54) is 9.80 Å². The average Bonchev–Trinajstić information content (AvgIpc) is 4.12. The molecule has 0 aliphatic carbocycles. The van der Waals surface area contributed by atoms with E-state index in [-0.39, 0.29) is 49.5 Å². The molecule has 1 aromatic heterocycles. The summed E-state index contributed by atoms with van der Waals surface area (Å²) in [6.07, 6.45) is 6.13. The van der Waals surface area contributed by atoms with Gasteiger partial charge >= 0.3 is 5.97 Å². The van der Waals surface area contributed by atoms with Gasteiger partial charge in [-0.1, -0.05) is 82.6 Å².